The Morgan fingerprint density at radius 1 is 1.45 bits per heavy atom. The molecule has 0 aliphatic heterocycles. The number of fused-ring (bicyclic) bond motifs is 1. The van der Waals surface area contributed by atoms with Gasteiger partial charge in [-0.15, -0.1) is 22.7 Å². The van der Waals surface area contributed by atoms with Gasteiger partial charge in [-0.3, -0.25) is 4.79 Å². The summed E-state index contributed by atoms with van der Waals surface area (Å²) in [5.41, 5.74) is 7.46. The fourth-order valence-electron chi connectivity index (χ4n) is 2.39. The summed E-state index contributed by atoms with van der Waals surface area (Å²) in [6.45, 7) is 1.16. The number of aromatic nitrogens is 1. The summed E-state index contributed by atoms with van der Waals surface area (Å²) < 4.78 is 0. The van der Waals surface area contributed by atoms with Crippen LogP contribution in [0.2, 0.25) is 0 Å². The first kappa shape index (κ1) is 13.7. The number of rotatable bonds is 5. The Bertz CT molecular complexity index is 596. The quantitative estimate of drug-likeness (QED) is 0.889. The largest absolute Gasteiger partial charge is 0.346 e. The predicted molar refractivity (Wildman–Crippen MR) is 82.4 cm³/mol. The summed E-state index contributed by atoms with van der Waals surface area (Å²) in [5, 5.41) is 5.67. The van der Waals surface area contributed by atoms with Crippen LogP contribution in [0.4, 0.5) is 0 Å². The molecule has 2 aromatic heterocycles. The van der Waals surface area contributed by atoms with Crippen molar-refractivity contribution in [3.63, 3.8) is 0 Å². The van der Waals surface area contributed by atoms with Gasteiger partial charge in [0.15, 0.2) is 0 Å². The van der Waals surface area contributed by atoms with E-state index in [1.54, 1.807) is 5.38 Å². The summed E-state index contributed by atoms with van der Waals surface area (Å²) in [5.74, 6) is -0.0990. The maximum atomic E-state index is 12.0. The molecular formula is C14H17N3OS2. The molecule has 2 aromatic rings. The van der Waals surface area contributed by atoms with E-state index in [1.807, 2.05) is 11.3 Å². The number of carbonyl (C=O) groups is 1. The van der Waals surface area contributed by atoms with Crippen molar-refractivity contribution >= 4 is 28.6 Å². The monoisotopic (exact) mass is 307 g/mol. The minimum absolute atomic E-state index is 0.0990. The van der Waals surface area contributed by atoms with E-state index in [1.165, 1.54) is 45.9 Å². The van der Waals surface area contributed by atoms with Crippen molar-refractivity contribution < 1.29 is 4.79 Å². The van der Waals surface area contributed by atoms with Crippen LogP contribution in [-0.4, -0.2) is 17.4 Å². The average Bonchev–Trinajstić information content (AvgIpc) is 3.11. The molecule has 106 valence electrons. The van der Waals surface area contributed by atoms with Gasteiger partial charge in [0.25, 0.3) is 5.91 Å². The molecule has 20 heavy (non-hydrogen) atoms. The van der Waals surface area contributed by atoms with Crippen LogP contribution in [0.15, 0.2) is 11.4 Å². The third-order valence-electron chi connectivity index (χ3n) is 3.36. The highest BCUT2D eigenvalue weighted by atomic mass is 32.1. The number of nitrogens with one attached hydrogen (secondary N) is 1. The molecule has 3 N–H and O–H groups in total. The van der Waals surface area contributed by atoms with Crippen LogP contribution < -0.4 is 11.1 Å². The topological polar surface area (TPSA) is 68.0 Å². The first-order chi connectivity index (χ1) is 9.76. The highest BCUT2D eigenvalue weighted by molar-refractivity contribution is 7.12. The molecule has 0 fully saturated rings. The molecule has 0 aromatic carbocycles. The van der Waals surface area contributed by atoms with Crippen molar-refractivity contribution in [2.24, 2.45) is 5.73 Å². The van der Waals surface area contributed by atoms with Crippen LogP contribution in [0.1, 0.15) is 37.2 Å². The Balaban J connectivity index is 1.57. The first-order valence-corrected chi connectivity index (χ1v) is 8.49. The smallest absolute Gasteiger partial charge is 0.271 e. The molecule has 2 heterocycles. The molecule has 0 saturated heterocycles. The molecular weight excluding hydrogens is 290 g/mol. The van der Waals surface area contributed by atoms with Crippen LogP contribution in [0.25, 0.3) is 0 Å². The van der Waals surface area contributed by atoms with Gasteiger partial charge in [-0.2, -0.15) is 0 Å². The first-order valence-electron chi connectivity index (χ1n) is 6.79. The summed E-state index contributed by atoms with van der Waals surface area (Å²) in [4.78, 5) is 19.0. The fraction of sp³-hybridized carbons (Fsp3) is 0.429. The molecule has 0 saturated carbocycles. The number of nitrogens with zero attached hydrogens (tertiary/aromatic N) is 1. The second kappa shape index (κ2) is 6.03. The summed E-state index contributed by atoms with van der Waals surface area (Å²) in [6.07, 6.45) is 4.39. The lowest BCUT2D eigenvalue weighted by atomic mass is 10.2. The number of nitrogens with two attached hydrogens (primary N) is 1. The molecule has 0 unspecified atom stereocenters. The van der Waals surface area contributed by atoms with Crippen molar-refractivity contribution in [1.82, 2.24) is 10.3 Å². The number of carbonyl (C=O) groups excluding carboxylic acids is 1. The van der Waals surface area contributed by atoms with Crippen molar-refractivity contribution in [1.29, 1.82) is 0 Å². The van der Waals surface area contributed by atoms with Gasteiger partial charge in [-0.25, -0.2) is 4.98 Å². The summed E-state index contributed by atoms with van der Waals surface area (Å²) in [6, 6.07) is 2.23. The molecule has 0 radical (unpaired) electrons. The Hall–Kier alpha value is -1.24. The van der Waals surface area contributed by atoms with Gasteiger partial charge < -0.3 is 11.1 Å². The molecule has 1 aliphatic rings. The number of amides is 1. The molecule has 6 heteroatoms. The van der Waals surface area contributed by atoms with E-state index in [2.05, 4.69) is 16.4 Å². The lowest BCUT2D eigenvalue weighted by molar-refractivity contribution is 0.0947. The minimum Gasteiger partial charge on any atom is -0.346 e. The van der Waals surface area contributed by atoms with Gasteiger partial charge >= 0.3 is 0 Å². The van der Waals surface area contributed by atoms with E-state index in [0.717, 1.165) is 11.4 Å². The van der Waals surface area contributed by atoms with E-state index in [-0.39, 0.29) is 5.91 Å². The Labute approximate surface area is 126 Å². The van der Waals surface area contributed by atoms with Crippen LogP contribution in [0, 0.1) is 0 Å². The van der Waals surface area contributed by atoms with Gasteiger partial charge in [0.05, 0.1) is 11.6 Å². The maximum Gasteiger partial charge on any atom is 0.271 e. The van der Waals surface area contributed by atoms with Crippen LogP contribution in [0.3, 0.4) is 0 Å². The molecule has 1 aliphatic carbocycles. The zero-order valence-corrected chi connectivity index (χ0v) is 12.8. The Kier molecular flexibility index (Phi) is 4.14. The number of thiazole rings is 1. The number of hydrogen-bond acceptors (Lipinski definition) is 5. The molecule has 0 atom stereocenters. The maximum absolute atomic E-state index is 12.0. The Morgan fingerprint density at radius 3 is 3.15 bits per heavy atom. The molecule has 4 nitrogen and oxygen atoms in total. The summed E-state index contributed by atoms with van der Waals surface area (Å²) in [7, 11) is 0. The predicted octanol–water partition coefficient (Wildman–Crippen LogP) is 2.12. The molecule has 3 rings (SSSR count). The van der Waals surface area contributed by atoms with E-state index >= 15 is 0 Å². The molecule has 1 amide bonds. The number of thiophene rings is 1. The van der Waals surface area contributed by atoms with E-state index < -0.39 is 0 Å². The van der Waals surface area contributed by atoms with Gasteiger partial charge in [-0.1, -0.05) is 0 Å². The van der Waals surface area contributed by atoms with E-state index in [0.29, 0.717) is 18.8 Å². The van der Waals surface area contributed by atoms with Crippen LogP contribution in [-0.2, 0) is 25.8 Å². The standard InChI is InChI=1S/C14H17N3OS2/c15-5-4-13-17-11(8-19-13)14(18)16-7-10-6-9-2-1-3-12(9)20-10/h6,8H,1-5,7,15H2,(H,16,18). The lowest BCUT2D eigenvalue weighted by Gasteiger charge is -2.00. The second-order valence-electron chi connectivity index (χ2n) is 4.86. The third kappa shape index (κ3) is 2.92. The fourth-order valence-corrected chi connectivity index (χ4v) is 4.38. The minimum atomic E-state index is -0.0990. The average molecular weight is 307 g/mol. The SMILES string of the molecule is NCCc1nc(C(=O)NCc2cc3c(s2)CCC3)cs1. The third-order valence-corrected chi connectivity index (χ3v) is 5.51. The van der Waals surface area contributed by atoms with Crippen LogP contribution in [0.5, 0.6) is 0 Å². The normalized spacial score (nSPS) is 13.4. The zero-order valence-electron chi connectivity index (χ0n) is 11.1. The van der Waals surface area contributed by atoms with Gasteiger partial charge in [0.1, 0.15) is 5.69 Å². The summed E-state index contributed by atoms with van der Waals surface area (Å²) >= 11 is 3.32. The highest BCUT2D eigenvalue weighted by Gasteiger charge is 2.16. The van der Waals surface area contributed by atoms with Gasteiger partial charge in [-0.05, 0) is 37.4 Å². The van der Waals surface area contributed by atoms with E-state index in [4.69, 9.17) is 5.73 Å². The lowest BCUT2D eigenvalue weighted by Crippen LogP contribution is -2.22. The van der Waals surface area contributed by atoms with Gasteiger partial charge in [0.2, 0.25) is 0 Å². The number of hydrogen-bond donors (Lipinski definition) is 2. The Morgan fingerprint density at radius 2 is 2.35 bits per heavy atom. The van der Waals surface area contributed by atoms with Crippen molar-refractivity contribution in [2.45, 2.75) is 32.2 Å². The van der Waals surface area contributed by atoms with Crippen molar-refractivity contribution in [2.75, 3.05) is 6.54 Å². The van der Waals surface area contributed by atoms with Crippen molar-refractivity contribution in [3.05, 3.63) is 37.5 Å². The van der Waals surface area contributed by atoms with Gasteiger partial charge in [0, 0.05) is 21.6 Å². The number of aryl methyl sites for hydroxylation is 2. The van der Waals surface area contributed by atoms with Crippen LogP contribution >= 0.6 is 22.7 Å². The van der Waals surface area contributed by atoms with E-state index in [9.17, 15) is 4.79 Å². The second-order valence-corrected chi connectivity index (χ2v) is 7.03. The molecule has 0 bridgehead atoms. The molecule has 0 spiro atoms. The highest BCUT2D eigenvalue weighted by Crippen LogP contribution is 2.30. The zero-order chi connectivity index (χ0) is 13.9. The van der Waals surface area contributed by atoms with Crippen molar-refractivity contribution in [3.8, 4) is 0 Å².